The highest BCUT2D eigenvalue weighted by molar-refractivity contribution is 5.94. The average Bonchev–Trinajstić information content (AvgIpc) is 2.91. The van der Waals surface area contributed by atoms with Gasteiger partial charge in [-0.15, -0.1) is 0 Å². The molecule has 1 aliphatic heterocycles. The Bertz CT molecular complexity index is 619. The van der Waals surface area contributed by atoms with E-state index in [1.165, 1.54) is 6.07 Å². The summed E-state index contributed by atoms with van der Waals surface area (Å²) in [6.07, 6.45) is 2.20. The third-order valence-corrected chi connectivity index (χ3v) is 4.89. The first-order valence-electron chi connectivity index (χ1n) is 7.48. The lowest BCUT2D eigenvalue weighted by molar-refractivity contribution is -0.124. The van der Waals surface area contributed by atoms with E-state index in [9.17, 15) is 19.1 Å². The Morgan fingerprint density at radius 3 is 2.82 bits per heavy atom. The summed E-state index contributed by atoms with van der Waals surface area (Å²) in [7, 11) is 1.72. The fourth-order valence-corrected chi connectivity index (χ4v) is 3.57. The Morgan fingerprint density at radius 2 is 2.09 bits per heavy atom. The summed E-state index contributed by atoms with van der Waals surface area (Å²) >= 11 is 0. The molecule has 1 heterocycles. The minimum Gasteiger partial charge on any atom is -0.505 e. The molecule has 1 aromatic carbocycles. The predicted molar refractivity (Wildman–Crippen MR) is 77.8 cm³/mol. The van der Waals surface area contributed by atoms with Gasteiger partial charge in [-0.05, 0) is 42.9 Å². The van der Waals surface area contributed by atoms with E-state index in [4.69, 9.17) is 0 Å². The molecule has 2 N–H and O–H groups in total. The van der Waals surface area contributed by atoms with Gasteiger partial charge in [0.15, 0.2) is 11.6 Å². The summed E-state index contributed by atoms with van der Waals surface area (Å²) in [6.45, 7) is 0.680. The SMILES string of the molecule is CN(C(=O)c1ccc(F)c(O)c1)C1C[C@@H]2CNC(=O)C[C@H]2C1. The lowest BCUT2D eigenvalue weighted by Gasteiger charge is -2.25. The van der Waals surface area contributed by atoms with Crippen LogP contribution < -0.4 is 5.32 Å². The van der Waals surface area contributed by atoms with Gasteiger partial charge in [0.25, 0.3) is 5.91 Å². The number of phenols is 1. The molecule has 0 radical (unpaired) electrons. The first-order valence-corrected chi connectivity index (χ1v) is 7.48. The molecule has 1 saturated heterocycles. The van der Waals surface area contributed by atoms with E-state index < -0.39 is 11.6 Å². The second-order valence-corrected chi connectivity index (χ2v) is 6.24. The highest BCUT2D eigenvalue weighted by atomic mass is 19.1. The predicted octanol–water partition coefficient (Wildman–Crippen LogP) is 1.52. The summed E-state index contributed by atoms with van der Waals surface area (Å²) in [5, 5.41) is 12.3. The van der Waals surface area contributed by atoms with Crippen LogP contribution in [-0.4, -0.2) is 41.5 Å². The van der Waals surface area contributed by atoms with Crippen molar-refractivity contribution in [3.8, 4) is 5.75 Å². The molecule has 6 heteroatoms. The standard InChI is InChI=1S/C16H19FN2O3/c1-19(16(22)9-2-3-13(17)14(20)6-9)12-4-10-7-15(21)18-8-11(10)5-12/h2-3,6,10-12,20H,4-5,7-8H2,1H3,(H,18,21)/t10-,11-,12?/m1/s1. The smallest absolute Gasteiger partial charge is 0.253 e. The number of carbonyl (C=O) groups is 2. The second kappa shape index (κ2) is 5.59. The van der Waals surface area contributed by atoms with Crippen LogP contribution in [0.5, 0.6) is 5.75 Å². The number of phenolic OH excluding ortho intramolecular Hbond substituents is 1. The van der Waals surface area contributed by atoms with E-state index in [-0.39, 0.29) is 23.4 Å². The molecule has 1 unspecified atom stereocenters. The van der Waals surface area contributed by atoms with Crippen molar-refractivity contribution in [2.24, 2.45) is 11.8 Å². The van der Waals surface area contributed by atoms with Gasteiger partial charge in [-0.25, -0.2) is 4.39 Å². The van der Waals surface area contributed by atoms with Gasteiger partial charge in [0.05, 0.1) is 0 Å². The summed E-state index contributed by atoms with van der Waals surface area (Å²) in [4.78, 5) is 25.6. The van der Waals surface area contributed by atoms with Crippen LogP contribution in [0.2, 0.25) is 0 Å². The highest BCUT2D eigenvalue weighted by Gasteiger charge is 2.40. The topological polar surface area (TPSA) is 69.6 Å². The number of nitrogens with zero attached hydrogens (tertiary/aromatic N) is 1. The molecule has 118 valence electrons. The van der Waals surface area contributed by atoms with E-state index in [2.05, 4.69) is 5.32 Å². The molecule has 0 spiro atoms. The van der Waals surface area contributed by atoms with Crippen molar-refractivity contribution in [1.82, 2.24) is 10.2 Å². The fourth-order valence-electron chi connectivity index (χ4n) is 3.57. The zero-order chi connectivity index (χ0) is 15.9. The summed E-state index contributed by atoms with van der Waals surface area (Å²) in [5.74, 6) is -0.669. The van der Waals surface area contributed by atoms with Gasteiger partial charge in [-0.1, -0.05) is 0 Å². The molecule has 2 amide bonds. The second-order valence-electron chi connectivity index (χ2n) is 6.24. The molecule has 0 bridgehead atoms. The van der Waals surface area contributed by atoms with E-state index in [1.54, 1.807) is 11.9 Å². The lowest BCUT2D eigenvalue weighted by atomic mass is 9.89. The Balaban J connectivity index is 1.71. The molecule has 2 aliphatic rings. The molecular weight excluding hydrogens is 287 g/mol. The number of amides is 2. The molecular formula is C16H19FN2O3. The van der Waals surface area contributed by atoms with Crippen molar-refractivity contribution in [1.29, 1.82) is 0 Å². The molecule has 5 nitrogen and oxygen atoms in total. The van der Waals surface area contributed by atoms with Crippen molar-refractivity contribution in [3.63, 3.8) is 0 Å². The minimum absolute atomic E-state index is 0.0717. The molecule has 1 saturated carbocycles. The third-order valence-electron chi connectivity index (χ3n) is 4.89. The van der Waals surface area contributed by atoms with Gasteiger partial charge < -0.3 is 15.3 Å². The normalized spacial score (nSPS) is 27.2. The molecule has 3 atom stereocenters. The number of hydrogen-bond acceptors (Lipinski definition) is 3. The number of piperidine rings is 1. The van der Waals surface area contributed by atoms with Crippen LogP contribution in [0.4, 0.5) is 4.39 Å². The monoisotopic (exact) mass is 306 g/mol. The maximum absolute atomic E-state index is 13.1. The van der Waals surface area contributed by atoms with Crippen LogP contribution in [0, 0.1) is 17.7 Å². The molecule has 3 rings (SSSR count). The van der Waals surface area contributed by atoms with Crippen LogP contribution in [0.25, 0.3) is 0 Å². The number of hydrogen-bond donors (Lipinski definition) is 2. The molecule has 2 fully saturated rings. The van der Waals surface area contributed by atoms with Crippen molar-refractivity contribution in [2.45, 2.75) is 25.3 Å². The minimum atomic E-state index is -0.740. The summed E-state index contributed by atoms with van der Waals surface area (Å²) < 4.78 is 13.1. The Labute approximate surface area is 128 Å². The molecule has 1 aromatic rings. The number of fused-ring (bicyclic) bond motifs is 1. The molecule has 22 heavy (non-hydrogen) atoms. The Morgan fingerprint density at radius 1 is 1.36 bits per heavy atom. The zero-order valence-electron chi connectivity index (χ0n) is 12.4. The van der Waals surface area contributed by atoms with Gasteiger partial charge in [-0.3, -0.25) is 9.59 Å². The molecule has 0 aromatic heterocycles. The summed E-state index contributed by atoms with van der Waals surface area (Å²) in [5.41, 5.74) is 0.269. The van der Waals surface area contributed by atoms with E-state index in [0.717, 1.165) is 25.0 Å². The maximum Gasteiger partial charge on any atom is 0.253 e. The number of halogens is 1. The number of rotatable bonds is 2. The number of aromatic hydroxyl groups is 1. The Hall–Kier alpha value is -2.11. The van der Waals surface area contributed by atoms with Gasteiger partial charge in [0.1, 0.15) is 0 Å². The van der Waals surface area contributed by atoms with Crippen LogP contribution in [0.15, 0.2) is 18.2 Å². The van der Waals surface area contributed by atoms with Crippen molar-refractivity contribution < 1.29 is 19.1 Å². The van der Waals surface area contributed by atoms with Crippen LogP contribution >= 0.6 is 0 Å². The van der Waals surface area contributed by atoms with Gasteiger partial charge >= 0.3 is 0 Å². The van der Waals surface area contributed by atoms with Crippen LogP contribution in [0.3, 0.4) is 0 Å². The van der Waals surface area contributed by atoms with Gasteiger partial charge in [0.2, 0.25) is 5.91 Å². The Kier molecular flexibility index (Phi) is 3.76. The van der Waals surface area contributed by atoms with Crippen LogP contribution in [-0.2, 0) is 4.79 Å². The van der Waals surface area contributed by atoms with Crippen LogP contribution in [0.1, 0.15) is 29.6 Å². The van der Waals surface area contributed by atoms with Crippen molar-refractivity contribution >= 4 is 11.8 Å². The fraction of sp³-hybridized carbons (Fsp3) is 0.500. The lowest BCUT2D eigenvalue weighted by Crippen LogP contribution is -2.38. The summed E-state index contributed by atoms with van der Waals surface area (Å²) in [6, 6.07) is 3.69. The van der Waals surface area contributed by atoms with E-state index >= 15 is 0 Å². The average molecular weight is 306 g/mol. The number of carbonyl (C=O) groups excluding carboxylic acids is 2. The highest BCUT2D eigenvalue weighted by Crippen LogP contribution is 2.38. The zero-order valence-corrected chi connectivity index (χ0v) is 12.4. The van der Waals surface area contributed by atoms with E-state index in [1.807, 2.05) is 0 Å². The van der Waals surface area contributed by atoms with Gasteiger partial charge in [0, 0.05) is 31.6 Å². The largest absolute Gasteiger partial charge is 0.505 e. The maximum atomic E-state index is 13.1. The van der Waals surface area contributed by atoms with Crippen molar-refractivity contribution in [3.05, 3.63) is 29.6 Å². The first kappa shape index (κ1) is 14.8. The third kappa shape index (κ3) is 2.65. The quantitative estimate of drug-likeness (QED) is 0.870. The van der Waals surface area contributed by atoms with Crippen molar-refractivity contribution in [2.75, 3.05) is 13.6 Å². The van der Waals surface area contributed by atoms with E-state index in [0.29, 0.717) is 24.8 Å². The number of nitrogens with one attached hydrogen (secondary N) is 1. The van der Waals surface area contributed by atoms with Gasteiger partial charge in [-0.2, -0.15) is 0 Å². The molecule has 1 aliphatic carbocycles. The first-order chi connectivity index (χ1) is 10.5. The number of benzene rings is 1.